The molecule has 6 unspecified atom stereocenters. The molecule has 4 amide bonds. The number of phenols is 1. The molecule has 12 heteroatoms. The highest BCUT2D eigenvalue weighted by atomic mass is 79.9. The number of benzene rings is 2. The van der Waals surface area contributed by atoms with Gasteiger partial charge in [-0.1, -0.05) is 27.6 Å². The summed E-state index contributed by atoms with van der Waals surface area (Å²) in [6.07, 6.45) is 1.85. The first kappa shape index (κ1) is 28.1. The Bertz CT molecular complexity index is 1560. The first-order valence-electron chi connectivity index (χ1n) is 12.9. The Hall–Kier alpha value is -3.08. The molecule has 0 spiro atoms. The highest BCUT2D eigenvalue weighted by Gasteiger charge is 2.76. The van der Waals surface area contributed by atoms with Crippen LogP contribution in [0.5, 0.6) is 17.2 Å². The fraction of sp³-hybridized carbons (Fsp3) is 0.379. The van der Waals surface area contributed by atoms with Crippen LogP contribution in [-0.2, 0) is 19.2 Å². The smallest absolute Gasteiger partial charge is 0.253 e. The van der Waals surface area contributed by atoms with Crippen molar-refractivity contribution in [3.63, 3.8) is 0 Å². The van der Waals surface area contributed by atoms with Crippen LogP contribution in [0.15, 0.2) is 52.5 Å². The maximum Gasteiger partial charge on any atom is 0.253 e. The third kappa shape index (κ3) is 3.59. The summed E-state index contributed by atoms with van der Waals surface area (Å²) in [5.41, 5.74) is 1.12. The molecular weight excluding hydrogens is 639 g/mol. The number of alkyl halides is 2. The number of carbonyl (C=O) groups excluding carboxylic acids is 4. The van der Waals surface area contributed by atoms with Crippen molar-refractivity contribution in [3.8, 4) is 17.2 Å². The van der Waals surface area contributed by atoms with Crippen molar-refractivity contribution in [1.82, 2.24) is 4.90 Å². The first-order valence-corrected chi connectivity index (χ1v) is 14.4. The number of rotatable bonds is 4. The lowest BCUT2D eigenvalue weighted by atomic mass is 9.56. The predicted octanol–water partition coefficient (Wildman–Crippen LogP) is 4.37. The normalized spacial score (nSPS) is 32.5. The van der Waals surface area contributed by atoms with Gasteiger partial charge in [-0.15, -0.1) is 23.2 Å². The Labute approximate surface area is 254 Å². The molecule has 2 aromatic rings. The average molecular weight is 664 g/mol. The second-order valence-corrected chi connectivity index (χ2v) is 12.9. The minimum absolute atomic E-state index is 0.140. The van der Waals surface area contributed by atoms with Crippen LogP contribution < -0.4 is 14.4 Å². The summed E-state index contributed by atoms with van der Waals surface area (Å²) < 4.78 is 11.7. The van der Waals surface area contributed by atoms with Crippen LogP contribution in [0.3, 0.4) is 0 Å². The number of hydrogen-bond donors (Lipinski definition) is 1. The maximum absolute atomic E-state index is 14.0. The minimum atomic E-state index is -2.05. The molecule has 2 aliphatic carbocycles. The van der Waals surface area contributed by atoms with E-state index in [2.05, 4.69) is 15.9 Å². The van der Waals surface area contributed by atoms with E-state index in [1.807, 2.05) is 0 Å². The van der Waals surface area contributed by atoms with Crippen LogP contribution in [-0.4, -0.2) is 64.7 Å². The number of ether oxygens (including phenoxy) is 2. The number of halogens is 3. The number of allylic oxidation sites excluding steroid dienone is 2. The molecule has 3 fully saturated rings. The number of anilines is 1. The minimum Gasteiger partial charge on any atom is -0.507 e. The SMILES string of the molecule is COc1cc(O)c(C2C3=CCC4C(=O)N(c5ccc(Br)cc5)C(=O)C4C3CC3(Cl)C(=O)N(C)C(=O)C23Cl)c(OC)c1. The molecule has 2 heterocycles. The summed E-state index contributed by atoms with van der Waals surface area (Å²) >= 11 is 17.8. The topological polar surface area (TPSA) is 113 Å². The summed E-state index contributed by atoms with van der Waals surface area (Å²) in [6.45, 7) is 0. The molecule has 1 N–H and O–H groups in total. The van der Waals surface area contributed by atoms with E-state index in [9.17, 15) is 24.3 Å². The lowest BCUT2D eigenvalue weighted by Crippen LogP contribution is -2.60. The van der Waals surface area contributed by atoms with E-state index in [0.717, 1.165) is 9.37 Å². The third-order valence-corrected chi connectivity index (χ3v) is 10.9. The van der Waals surface area contributed by atoms with Crippen LogP contribution in [0.1, 0.15) is 24.3 Å². The van der Waals surface area contributed by atoms with Gasteiger partial charge in [-0.3, -0.25) is 29.0 Å². The molecule has 2 saturated heterocycles. The molecule has 41 heavy (non-hydrogen) atoms. The van der Waals surface area contributed by atoms with E-state index in [0.29, 0.717) is 17.0 Å². The van der Waals surface area contributed by atoms with E-state index in [-0.39, 0.29) is 35.8 Å². The zero-order valence-corrected chi connectivity index (χ0v) is 25.3. The van der Waals surface area contributed by atoms with Crippen molar-refractivity contribution in [2.75, 3.05) is 26.2 Å². The van der Waals surface area contributed by atoms with Crippen molar-refractivity contribution in [2.24, 2.45) is 17.8 Å². The zero-order chi connectivity index (χ0) is 29.6. The van der Waals surface area contributed by atoms with Crippen LogP contribution >= 0.6 is 39.1 Å². The zero-order valence-electron chi connectivity index (χ0n) is 22.2. The molecule has 214 valence electrons. The molecule has 0 aromatic heterocycles. The van der Waals surface area contributed by atoms with Gasteiger partial charge >= 0.3 is 0 Å². The number of imide groups is 2. The second kappa shape index (κ2) is 9.47. The first-order chi connectivity index (χ1) is 19.4. The number of hydrogen-bond acceptors (Lipinski definition) is 7. The molecule has 0 radical (unpaired) electrons. The van der Waals surface area contributed by atoms with Gasteiger partial charge in [0.05, 0.1) is 31.7 Å². The van der Waals surface area contributed by atoms with Gasteiger partial charge in [-0.05, 0) is 43.0 Å². The Morgan fingerprint density at radius 1 is 0.976 bits per heavy atom. The summed E-state index contributed by atoms with van der Waals surface area (Å²) in [5, 5.41) is 11.3. The van der Waals surface area contributed by atoms with Gasteiger partial charge in [0.15, 0.2) is 9.75 Å². The van der Waals surface area contributed by atoms with Gasteiger partial charge in [-0.2, -0.15) is 0 Å². The van der Waals surface area contributed by atoms with Crippen molar-refractivity contribution in [1.29, 1.82) is 0 Å². The molecule has 4 aliphatic rings. The molecule has 6 atom stereocenters. The van der Waals surface area contributed by atoms with E-state index in [4.69, 9.17) is 32.7 Å². The Kier molecular flexibility index (Phi) is 6.48. The lowest BCUT2D eigenvalue weighted by Gasteiger charge is -2.51. The highest BCUT2D eigenvalue weighted by Crippen LogP contribution is 2.67. The quantitative estimate of drug-likeness (QED) is 0.294. The van der Waals surface area contributed by atoms with Crippen LogP contribution in [0, 0.1) is 17.8 Å². The van der Waals surface area contributed by atoms with Crippen LogP contribution in [0.4, 0.5) is 5.69 Å². The predicted molar refractivity (Wildman–Crippen MR) is 153 cm³/mol. The van der Waals surface area contributed by atoms with Crippen molar-refractivity contribution >= 4 is 68.4 Å². The second-order valence-electron chi connectivity index (χ2n) is 10.7. The Morgan fingerprint density at radius 3 is 2.29 bits per heavy atom. The third-order valence-electron chi connectivity index (χ3n) is 8.94. The molecule has 2 aromatic carbocycles. The number of aromatic hydroxyl groups is 1. The van der Waals surface area contributed by atoms with E-state index >= 15 is 0 Å². The molecule has 6 rings (SSSR count). The van der Waals surface area contributed by atoms with Gasteiger partial charge in [0.25, 0.3) is 11.8 Å². The van der Waals surface area contributed by atoms with Crippen molar-refractivity contribution in [2.45, 2.75) is 28.5 Å². The number of methoxy groups -OCH3 is 2. The fourth-order valence-electron chi connectivity index (χ4n) is 7.07. The highest BCUT2D eigenvalue weighted by molar-refractivity contribution is 9.10. The van der Waals surface area contributed by atoms with Gasteiger partial charge in [-0.25, -0.2) is 0 Å². The van der Waals surface area contributed by atoms with E-state index < -0.39 is 51.1 Å². The number of nitrogens with zero attached hydrogens (tertiary/aromatic N) is 2. The Balaban J connectivity index is 1.55. The molecule has 1 saturated carbocycles. The number of phenolic OH excluding ortho intramolecular Hbond substituents is 1. The summed E-state index contributed by atoms with van der Waals surface area (Å²) in [6, 6.07) is 9.73. The van der Waals surface area contributed by atoms with Crippen LogP contribution in [0.2, 0.25) is 0 Å². The number of fused-ring (bicyclic) bond motifs is 4. The lowest BCUT2D eigenvalue weighted by molar-refractivity contribution is -0.138. The van der Waals surface area contributed by atoms with Gasteiger partial charge in [0.1, 0.15) is 17.2 Å². The molecular formula is C29H25BrCl2N2O7. The number of likely N-dealkylation sites (tertiary alicyclic amines) is 1. The maximum atomic E-state index is 14.0. The van der Waals surface area contributed by atoms with Crippen molar-refractivity contribution in [3.05, 3.63) is 58.1 Å². The standard InChI is InChI=1S/C29H25BrCl2N2O7/c1-33-26(38)28(31)12-18-16(8-9-17-21(18)25(37)34(24(17)36)14-6-4-13(30)5-7-14)23(29(28,32)27(33)39)22-19(35)10-15(40-2)11-20(22)41-3/h4-8,10-11,17-18,21,23,35H,9,12H2,1-3H3. The van der Waals surface area contributed by atoms with Gasteiger partial charge in [0, 0.05) is 35.1 Å². The van der Waals surface area contributed by atoms with Crippen LogP contribution in [0.25, 0.3) is 0 Å². The monoisotopic (exact) mass is 662 g/mol. The Morgan fingerprint density at radius 2 is 1.66 bits per heavy atom. The number of carbonyl (C=O) groups is 4. The summed E-state index contributed by atoms with van der Waals surface area (Å²) in [4.78, 5) is 53.1. The van der Waals surface area contributed by atoms with Gasteiger partial charge in [0.2, 0.25) is 11.8 Å². The summed E-state index contributed by atoms with van der Waals surface area (Å²) in [7, 11) is 4.12. The average Bonchev–Trinajstić information content (AvgIpc) is 3.28. The van der Waals surface area contributed by atoms with Gasteiger partial charge < -0.3 is 14.6 Å². The molecule has 0 bridgehead atoms. The number of amides is 4. The molecule has 9 nitrogen and oxygen atoms in total. The van der Waals surface area contributed by atoms with E-state index in [1.54, 1.807) is 30.3 Å². The largest absolute Gasteiger partial charge is 0.507 e. The fourth-order valence-corrected chi connectivity index (χ4v) is 8.34. The van der Waals surface area contributed by atoms with E-state index in [1.165, 1.54) is 38.3 Å². The summed E-state index contributed by atoms with van der Waals surface area (Å²) in [5.74, 6) is -5.47. The molecule has 2 aliphatic heterocycles. The van der Waals surface area contributed by atoms with Crippen molar-refractivity contribution < 1.29 is 33.8 Å².